The zero-order chi connectivity index (χ0) is 17.6. The highest BCUT2D eigenvalue weighted by Crippen LogP contribution is 2.21. The van der Waals surface area contributed by atoms with E-state index in [1.807, 2.05) is 6.92 Å². The van der Waals surface area contributed by atoms with E-state index in [0.29, 0.717) is 13.0 Å². The molecule has 1 fully saturated rings. The monoisotopic (exact) mass is 350 g/mol. The van der Waals surface area contributed by atoms with E-state index < -0.39 is 27.8 Å². The molecule has 2 N–H and O–H groups in total. The number of carboxylic acids is 1. The van der Waals surface area contributed by atoms with Gasteiger partial charge in [-0.3, -0.25) is 9.59 Å². The average molecular weight is 350 g/mol. The molecule has 1 aliphatic rings. The fourth-order valence-corrected chi connectivity index (χ4v) is 3.29. The van der Waals surface area contributed by atoms with E-state index in [2.05, 4.69) is 4.72 Å². The lowest BCUT2D eigenvalue weighted by molar-refractivity contribution is -0.146. The summed E-state index contributed by atoms with van der Waals surface area (Å²) in [7, 11) is -3.59. The third-order valence-electron chi connectivity index (χ3n) is 3.61. The number of rotatable bonds is 8. The molecule has 0 aliphatic carbocycles. The summed E-state index contributed by atoms with van der Waals surface area (Å²) in [5.41, 5.74) is 0. The van der Waals surface area contributed by atoms with Crippen LogP contribution < -0.4 is 4.72 Å². The first-order chi connectivity index (χ1) is 10.6. The van der Waals surface area contributed by atoms with Crippen LogP contribution in [-0.2, 0) is 24.3 Å². The molecule has 1 rings (SSSR count). The second-order valence-electron chi connectivity index (χ2n) is 6.23. The molecular formula is C14H26N2O6S. The molecule has 2 unspecified atom stereocenters. The summed E-state index contributed by atoms with van der Waals surface area (Å²) in [4.78, 5) is 24.6. The van der Waals surface area contributed by atoms with Crippen LogP contribution in [0.2, 0.25) is 0 Å². The number of carboxylic acid groups (broad SMARTS) is 1. The van der Waals surface area contributed by atoms with Crippen LogP contribution in [0.3, 0.4) is 0 Å². The molecule has 1 saturated heterocycles. The third-order valence-corrected chi connectivity index (χ3v) is 4.90. The van der Waals surface area contributed by atoms with Crippen LogP contribution in [0.4, 0.5) is 0 Å². The molecule has 0 bridgehead atoms. The van der Waals surface area contributed by atoms with Gasteiger partial charge in [0.2, 0.25) is 15.9 Å². The van der Waals surface area contributed by atoms with Crippen LogP contribution in [0.15, 0.2) is 0 Å². The maximum atomic E-state index is 12.1. The van der Waals surface area contributed by atoms with Gasteiger partial charge in [-0.05, 0) is 26.2 Å². The van der Waals surface area contributed by atoms with Crippen molar-refractivity contribution in [1.29, 1.82) is 0 Å². The zero-order valence-corrected chi connectivity index (χ0v) is 14.6. The Labute approximate surface area is 137 Å². The quantitative estimate of drug-likeness (QED) is 0.632. The second-order valence-corrected chi connectivity index (χ2v) is 8.16. The van der Waals surface area contributed by atoms with Crippen molar-refractivity contribution >= 4 is 21.9 Å². The van der Waals surface area contributed by atoms with Crippen molar-refractivity contribution in [2.75, 3.05) is 32.0 Å². The number of hydrogen-bond donors (Lipinski definition) is 2. The number of sulfonamides is 1. The van der Waals surface area contributed by atoms with Crippen LogP contribution in [-0.4, -0.2) is 68.4 Å². The Morgan fingerprint density at radius 1 is 1.35 bits per heavy atom. The van der Waals surface area contributed by atoms with Crippen molar-refractivity contribution in [2.24, 2.45) is 11.8 Å². The Kier molecular flexibility index (Phi) is 7.43. The van der Waals surface area contributed by atoms with E-state index in [0.717, 1.165) is 0 Å². The number of aliphatic carboxylic acids is 1. The van der Waals surface area contributed by atoms with E-state index >= 15 is 0 Å². The molecule has 0 radical (unpaired) electrons. The van der Waals surface area contributed by atoms with Crippen molar-refractivity contribution in [3.8, 4) is 0 Å². The summed E-state index contributed by atoms with van der Waals surface area (Å²) in [6, 6.07) is 0. The Balaban J connectivity index is 2.47. The predicted molar refractivity (Wildman–Crippen MR) is 84.4 cm³/mol. The molecule has 1 aliphatic heterocycles. The van der Waals surface area contributed by atoms with Crippen molar-refractivity contribution in [1.82, 2.24) is 9.62 Å². The van der Waals surface area contributed by atoms with E-state index in [-0.39, 0.29) is 37.5 Å². The standard InChI is InChI=1S/C14H26N2O6S/c1-10(2)22-4-5-23(20,21)15-7-13(17)16-8-11(3)6-12(9-16)14(18)19/h10-12,15H,4-9H2,1-3H3,(H,18,19). The van der Waals surface area contributed by atoms with Crippen molar-refractivity contribution in [2.45, 2.75) is 33.3 Å². The minimum atomic E-state index is -3.59. The number of carbonyl (C=O) groups is 2. The summed E-state index contributed by atoms with van der Waals surface area (Å²) in [6.07, 6.45) is 0.465. The molecule has 8 nitrogen and oxygen atoms in total. The average Bonchev–Trinajstić information content (AvgIpc) is 2.43. The molecule has 134 valence electrons. The smallest absolute Gasteiger partial charge is 0.308 e. The summed E-state index contributed by atoms with van der Waals surface area (Å²) < 4.78 is 31.0. The molecule has 2 atom stereocenters. The number of ether oxygens (including phenoxy) is 1. The first-order valence-electron chi connectivity index (χ1n) is 7.70. The maximum absolute atomic E-state index is 12.1. The van der Waals surface area contributed by atoms with Gasteiger partial charge in [-0.1, -0.05) is 6.92 Å². The Hall–Kier alpha value is -1.19. The molecule has 9 heteroatoms. The highest BCUT2D eigenvalue weighted by molar-refractivity contribution is 7.89. The fraction of sp³-hybridized carbons (Fsp3) is 0.857. The lowest BCUT2D eigenvalue weighted by Crippen LogP contribution is -2.49. The maximum Gasteiger partial charge on any atom is 0.308 e. The normalized spacial score (nSPS) is 22.3. The molecule has 0 spiro atoms. The lowest BCUT2D eigenvalue weighted by atomic mass is 9.90. The first-order valence-corrected chi connectivity index (χ1v) is 9.35. The van der Waals surface area contributed by atoms with Crippen molar-refractivity contribution < 1.29 is 27.9 Å². The number of nitrogens with zero attached hydrogens (tertiary/aromatic N) is 1. The SMILES string of the molecule is CC1CC(C(=O)O)CN(C(=O)CNS(=O)(=O)CCOC(C)C)C1. The number of piperidine rings is 1. The summed E-state index contributed by atoms with van der Waals surface area (Å²) in [5.74, 6) is -2.08. The molecule has 0 aromatic carbocycles. The number of hydrogen-bond acceptors (Lipinski definition) is 5. The fourth-order valence-electron chi connectivity index (χ4n) is 2.48. The van der Waals surface area contributed by atoms with Gasteiger partial charge < -0.3 is 14.7 Å². The van der Waals surface area contributed by atoms with Gasteiger partial charge in [0, 0.05) is 13.1 Å². The molecule has 1 amide bonds. The van der Waals surface area contributed by atoms with Gasteiger partial charge in [0.25, 0.3) is 0 Å². The lowest BCUT2D eigenvalue weighted by Gasteiger charge is -2.34. The summed E-state index contributed by atoms with van der Waals surface area (Å²) in [5, 5.41) is 9.09. The molecule has 23 heavy (non-hydrogen) atoms. The summed E-state index contributed by atoms with van der Waals surface area (Å²) in [6.45, 7) is 5.76. The molecule has 0 aromatic heterocycles. The van der Waals surface area contributed by atoms with E-state index in [9.17, 15) is 18.0 Å². The number of amides is 1. The minimum Gasteiger partial charge on any atom is -0.481 e. The van der Waals surface area contributed by atoms with Crippen LogP contribution >= 0.6 is 0 Å². The highest BCUT2D eigenvalue weighted by Gasteiger charge is 2.32. The topological polar surface area (TPSA) is 113 Å². The van der Waals surface area contributed by atoms with E-state index in [4.69, 9.17) is 9.84 Å². The molecule has 0 aromatic rings. The van der Waals surface area contributed by atoms with Gasteiger partial charge in [0.05, 0.1) is 30.9 Å². The zero-order valence-electron chi connectivity index (χ0n) is 13.8. The second kappa shape index (κ2) is 8.60. The third kappa shape index (κ3) is 7.28. The minimum absolute atomic E-state index is 0.0586. The Bertz CT molecular complexity index is 519. The number of nitrogens with one attached hydrogen (secondary N) is 1. The summed E-state index contributed by atoms with van der Waals surface area (Å²) >= 11 is 0. The van der Waals surface area contributed by atoms with Gasteiger partial charge in [0.1, 0.15) is 0 Å². The first kappa shape index (κ1) is 19.9. The predicted octanol–water partition coefficient (Wildman–Crippen LogP) is -0.1000. The van der Waals surface area contributed by atoms with Gasteiger partial charge in [-0.25, -0.2) is 13.1 Å². The molecule has 1 heterocycles. The van der Waals surface area contributed by atoms with Crippen LogP contribution in [0.25, 0.3) is 0 Å². The largest absolute Gasteiger partial charge is 0.481 e. The number of carbonyl (C=O) groups excluding carboxylic acids is 1. The van der Waals surface area contributed by atoms with Crippen LogP contribution in [0.1, 0.15) is 27.2 Å². The molecule has 0 saturated carbocycles. The van der Waals surface area contributed by atoms with Crippen LogP contribution in [0.5, 0.6) is 0 Å². The van der Waals surface area contributed by atoms with E-state index in [1.54, 1.807) is 13.8 Å². The van der Waals surface area contributed by atoms with Crippen LogP contribution in [0, 0.1) is 11.8 Å². The molecular weight excluding hydrogens is 324 g/mol. The van der Waals surface area contributed by atoms with Gasteiger partial charge in [0.15, 0.2) is 0 Å². The van der Waals surface area contributed by atoms with Gasteiger partial charge in [-0.2, -0.15) is 0 Å². The van der Waals surface area contributed by atoms with Crippen molar-refractivity contribution in [3.63, 3.8) is 0 Å². The Morgan fingerprint density at radius 2 is 2.00 bits per heavy atom. The Morgan fingerprint density at radius 3 is 2.57 bits per heavy atom. The highest BCUT2D eigenvalue weighted by atomic mass is 32.2. The van der Waals surface area contributed by atoms with Gasteiger partial charge >= 0.3 is 5.97 Å². The van der Waals surface area contributed by atoms with E-state index in [1.165, 1.54) is 4.90 Å². The van der Waals surface area contributed by atoms with Gasteiger partial charge in [-0.15, -0.1) is 0 Å². The van der Waals surface area contributed by atoms with Crippen molar-refractivity contribution in [3.05, 3.63) is 0 Å². The number of likely N-dealkylation sites (tertiary alicyclic amines) is 1.